The number of rotatable bonds is 7. The maximum absolute atomic E-state index is 12.4. The molecule has 2 aromatic carbocycles. The molecule has 2 N–H and O–H groups in total. The first-order valence-corrected chi connectivity index (χ1v) is 10.4. The van der Waals surface area contributed by atoms with Crippen molar-refractivity contribution in [2.75, 3.05) is 13.1 Å². The van der Waals surface area contributed by atoms with Gasteiger partial charge in [0.25, 0.3) is 5.91 Å². The van der Waals surface area contributed by atoms with Crippen molar-refractivity contribution >= 4 is 15.9 Å². The first-order valence-electron chi connectivity index (χ1n) is 8.95. The molecule has 0 atom stereocenters. The molecular formula is C21H23N3O3S. The van der Waals surface area contributed by atoms with Gasteiger partial charge in [0.2, 0.25) is 10.0 Å². The predicted octanol–water partition coefficient (Wildman–Crippen LogP) is 2.80. The summed E-state index contributed by atoms with van der Waals surface area (Å²) in [4.78, 5) is 12.5. The van der Waals surface area contributed by atoms with E-state index in [9.17, 15) is 13.2 Å². The minimum atomic E-state index is -3.61. The summed E-state index contributed by atoms with van der Waals surface area (Å²) in [6, 6.07) is 16.4. The van der Waals surface area contributed by atoms with E-state index in [1.807, 2.05) is 54.2 Å². The molecule has 3 aromatic rings. The van der Waals surface area contributed by atoms with E-state index in [0.717, 1.165) is 11.3 Å². The maximum atomic E-state index is 12.4. The lowest BCUT2D eigenvalue weighted by molar-refractivity contribution is 0.0954. The number of nitrogens with one attached hydrogen (secondary N) is 2. The minimum absolute atomic E-state index is 0.114. The minimum Gasteiger partial charge on any atom is -0.351 e. The zero-order chi connectivity index (χ0) is 20.1. The smallest absolute Gasteiger partial charge is 0.251 e. The lowest BCUT2D eigenvalue weighted by Crippen LogP contribution is -2.35. The highest BCUT2D eigenvalue weighted by Gasteiger charge is 2.16. The molecular weight excluding hydrogens is 374 g/mol. The van der Waals surface area contributed by atoms with Gasteiger partial charge in [0, 0.05) is 36.7 Å². The van der Waals surface area contributed by atoms with Crippen LogP contribution in [0.1, 0.15) is 21.5 Å². The Morgan fingerprint density at radius 1 is 0.964 bits per heavy atom. The first kappa shape index (κ1) is 19.9. The largest absolute Gasteiger partial charge is 0.351 e. The van der Waals surface area contributed by atoms with Gasteiger partial charge in [-0.05, 0) is 67.4 Å². The van der Waals surface area contributed by atoms with Crippen LogP contribution in [0.15, 0.2) is 71.9 Å². The third kappa shape index (κ3) is 4.68. The van der Waals surface area contributed by atoms with Crippen LogP contribution < -0.4 is 10.0 Å². The second-order valence-corrected chi connectivity index (χ2v) is 8.30. The van der Waals surface area contributed by atoms with Crippen LogP contribution in [0.3, 0.4) is 0 Å². The van der Waals surface area contributed by atoms with Crippen molar-refractivity contribution in [1.29, 1.82) is 0 Å². The molecule has 0 saturated heterocycles. The van der Waals surface area contributed by atoms with Crippen LogP contribution in [-0.4, -0.2) is 32.0 Å². The van der Waals surface area contributed by atoms with Crippen LogP contribution in [0.2, 0.25) is 0 Å². The lowest BCUT2D eigenvalue weighted by Gasteiger charge is -2.11. The zero-order valence-electron chi connectivity index (χ0n) is 15.8. The first-order chi connectivity index (χ1) is 13.4. The Morgan fingerprint density at radius 2 is 1.64 bits per heavy atom. The maximum Gasteiger partial charge on any atom is 0.251 e. The number of amides is 1. The fourth-order valence-electron chi connectivity index (χ4n) is 2.83. The Labute approximate surface area is 165 Å². The number of hydrogen-bond acceptors (Lipinski definition) is 3. The number of carbonyl (C=O) groups is 1. The molecule has 0 aliphatic heterocycles. The third-order valence-electron chi connectivity index (χ3n) is 4.37. The fourth-order valence-corrected chi connectivity index (χ4v) is 4.19. The third-order valence-corrected chi connectivity index (χ3v) is 5.97. The molecule has 3 rings (SSSR count). The Morgan fingerprint density at radius 3 is 2.32 bits per heavy atom. The molecule has 0 aliphatic rings. The fraction of sp³-hybridized carbons (Fsp3) is 0.190. The average molecular weight is 398 g/mol. The van der Waals surface area contributed by atoms with Gasteiger partial charge in [0.15, 0.2) is 0 Å². The van der Waals surface area contributed by atoms with E-state index in [4.69, 9.17) is 0 Å². The van der Waals surface area contributed by atoms with E-state index in [1.165, 1.54) is 0 Å². The van der Waals surface area contributed by atoms with Gasteiger partial charge < -0.3 is 9.88 Å². The lowest BCUT2D eigenvalue weighted by atomic mass is 10.2. The van der Waals surface area contributed by atoms with Crippen LogP contribution in [0, 0.1) is 13.8 Å². The number of nitrogens with zero attached hydrogens (tertiary/aromatic N) is 1. The summed E-state index contributed by atoms with van der Waals surface area (Å²) < 4.78 is 29.4. The molecule has 0 bridgehead atoms. The highest BCUT2D eigenvalue weighted by molar-refractivity contribution is 7.89. The number of hydrogen-bond donors (Lipinski definition) is 2. The highest BCUT2D eigenvalue weighted by atomic mass is 32.2. The van der Waals surface area contributed by atoms with Crippen molar-refractivity contribution in [2.24, 2.45) is 0 Å². The Hall–Kier alpha value is -2.90. The van der Waals surface area contributed by atoms with Crippen LogP contribution in [-0.2, 0) is 10.0 Å². The molecule has 146 valence electrons. The van der Waals surface area contributed by atoms with Crippen molar-refractivity contribution in [3.63, 3.8) is 0 Å². The molecule has 0 spiro atoms. The van der Waals surface area contributed by atoms with E-state index >= 15 is 0 Å². The summed E-state index contributed by atoms with van der Waals surface area (Å²) in [5.74, 6) is -0.245. The zero-order valence-corrected chi connectivity index (χ0v) is 16.7. The van der Waals surface area contributed by atoms with Gasteiger partial charge in [-0.25, -0.2) is 13.1 Å². The molecule has 7 heteroatoms. The molecule has 6 nitrogen and oxygen atoms in total. The molecule has 0 aliphatic carbocycles. The highest BCUT2D eigenvalue weighted by Crippen LogP contribution is 2.16. The summed E-state index contributed by atoms with van der Waals surface area (Å²) in [5.41, 5.74) is 3.05. The molecule has 1 amide bonds. The molecule has 1 aromatic heterocycles. The van der Waals surface area contributed by atoms with Gasteiger partial charge in [-0.1, -0.05) is 12.1 Å². The number of aromatic nitrogens is 1. The van der Waals surface area contributed by atoms with E-state index in [0.29, 0.717) is 11.1 Å². The number of carbonyl (C=O) groups excluding carboxylic acids is 1. The van der Waals surface area contributed by atoms with E-state index in [-0.39, 0.29) is 23.9 Å². The van der Waals surface area contributed by atoms with Gasteiger partial charge in [-0.2, -0.15) is 0 Å². The molecule has 28 heavy (non-hydrogen) atoms. The summed E-state index contributed by atoms with van der Waals surface area (Å²) in [7, 11) is -3.61. The van der Waals surface area contributed by atoms with Crippen LogP contribution >= 0.6 is 0 Å². The van der Waals surface area contributed by atoms with Gasteiger partial charge in [-0.15, -0.1) is 0 Å². The predicted molar refractivity (Wildman–Crippen MR) is 109 cm³/mol. The number of sulfonamides is 1. The quantitative estimate of drug-likeness (QED) is 0.602. The normalized spacial score (nSPS) is 11.4. The number of aryl methyl sites for hydroxylation is 2. The average Bonchev–Trinajstić information content (AvgIpc) is 3.22. The van der Waals surface area contributed by atoms with Crippen LogP contribution in [0.4, 0.5) is 0 Å². The monoisotopic (exact) mass is 397 g/mol. The molecule has 0 unspecified atom stereocenters. The number of benzene rings is 2. The molecule has 0 radical (unpaired) electrons. The van der Waals surface area contributed by atoms with Crippen molar-refractivity contribution in [3.8, 4) is 5.69 Å². The van der Waals surface area contributed by atoms with Gasteiger partial charge >= 0.3 is 0 Å². The molecule has 0 fully saturated rings. The van der Waals surface area contributed by atoms with Crippen molar-refractivity contribution < 1.29 is 13.2 Å². The van der Waals surface area contributed by atoms with Crippen molar-refractivity contribution in [3.05, 3.63) is 83.7 Å². The standard InChI is InChI=1S/C21H23N3O3S/c1-16-5-6-17(2)20(15-16)28(26,27)23-12-11-22-21(25)18-7-9-19(10-8-18)24-13-3-4-14-24/h3-10,13-15,23H,11-12H2,1-2H3,(H,22,25). The van der Waals surface area contributed by atoms with Gasteiger partial charge in [0.05, 0.1) is 4.90 Å². The Bertz CT molecular complexity index is 1060. The van der Waals surface area contributed by atoms with Crippen molar-refractivity contribution in [2.45, 2.75) is 18.7 Å². The summed E-state index contributed by atoms with van der Waals surface area (Å²) in [5, 5.41) is 2.73. The molecule has 1 heterocycles. The van der Waals surface area contributed by atoms with Crippen LogP contribution in [0.25, 0.3) is 5.69 Å². The topological polar surface area (TPSA) is 80.2 Å². The SMILES string of the molecule is Cc1ccc(C)c(S(=O)(=O)NCCNC(=O)c2ccc(-n3cccc3)cc2)c1. The van der Waals surface area contributed by atoms with Crippen LogP contribution in [0.5, 0.6) is 0 Å². The summed E-state index contributed by atoms with van der Waals surface area (Å²) in [6.45, 7) is 3.92. The van der Waals surface area contributed by atoms with E-state index in [2.05, 4.69) is 10.0 Å². The Kier molecular flexibility index (Phi) is 5.96. The summed E-state index contributed by atoms with van der Waals surface area (Å²) in [6.07, 6.45) is 3.86. The molecule has 0 saturated carbocycles. The van der Waals surface area contributed by atoms with Crippen molar-refractivity contribution in [1.82, 2.24) is 14.6 Å². The van der Waals surface area contributed by atoms with E-state index in [1.54, 1.807) is 31.2 Å². The second kappa shape index (κ2) is 8.41. The van der Waals surface area contributed by atoms with Gasteiger partial charge in [0.1, 0.15) is 0 Å². The summed E-state index contributed by atoms with van der Waals surface area (Å²) >= 11 is 0. The van der Waals surface area contributed by atoms with Gasteiger partial charge in [-0.3, -0.25) is 4.79 Å². The Balaban J connectivity index is 1.53. The van der Waals surface area contributed by atoms with E-state index < -0.39 is 10.0 Å². The second-order valence-electron chi connectivity index (χ2n) is 6.56.